The van der Waals surface area contributed by atoms with Gasteiger partial charge in [-0.05, 0) is 58.4 Å². The number of hydrogen-bond donors (Lipinski definition) is 1. The summed E-state index contributed by atoms with van der Waals surface area (Å²) in [5.41, 5.74) is 0.680. The second kappa shape index (κ2) is 8.74. The number of carbonyl (C=O) groups excluding carboxylic acids is 1. The van der Waals surface area contributed by atoms with Crippen LogP contribution in [0.2, 0.25) is 0 Å². The van der Waals surface area contributed by atoms with Crippen molar-refractivity contribution in [3.05, 3.63) is 64.1 Å². The van der Waals surface area contributed by atoms with E-state index < -0.39 is 0 Å². The molecule has 2 rings (SSSR count). The van der Waals surface area contributed by atoms with Crippen molar-refractivity contribution in [3.8, 4) is 11.5 Å². The summed E-state index contributed by atoms with van der Waals surface area (Å²) in [5.74, 6) is 1.09. The van der Waals surface area contributed by atoms with E-state index in [0.717, 1.165) is 14.7 Å². The topological polar surface area (TPSA) is 47.6 Å². The first kappa shape index (κ1) is 17.6. The molecule has 120 valence electrons. The Bertz CT molecular complexity index is 687. The molecule has 1 N–H and O–H groups in total. The Morgan fingerprint density at radius 2 is 1.87 bits per heavy atom. The van der Waals surface area contributed by atoms with Crippen LogP contribution in [0.4, 0.5) is 5.69 Å². The van der Waals surface area contributed by atoms with Gasteiger partial charge in [-0.3, -0.25) is 4.79 Å². The van der Waals surface area contributed by atoms with Crippen LogP contribution in [0.1, 0.15) is 0 Å². The van der Waals surface area contributed by atoms with Crippen molar-refractivity contribution in [1.82, 2.24) is 0 Å². The Labute approximate surface area is 151 Å². The summed E-state index contributed by atoms with van der Waals surface area (Å²) < 4.78 is 12.6. The fraction of sp³-hybridized carbons (Fsp3) is 0.118. The summed E-state index contributed by atoms with van der Waals surface area (Å²) >= 11 is 6.75. The van der Waals surface area contributed by atoms with Crippen LogP contribution >= 0.6 is 31.9 Å². The van der Waals surface area contributed by atoms with Gasteiger partial charge in [-0.25, -0.2) is 0 Å². The summed E-state index contributed by atoms with van der Waals surface area (Å²) in [7, 11) is 0. The zero-order chi connectivity index (χ0) is 16.7. The van der Waals surface area contributed by atoms with Gasteiger partial charge in [-0.1, -0.05) is 28.6 Å². The molecule has 2 aromatic rings. The largest absolute Gasteiger partial charge is 0.490 e. The Morgan fingerprint density at radius 3 is 2.52 bits per heavy atom. The Morgan fingerprint density at radius 1 is 1.13 bits per heavy atom. The molecule has 1 amide bonds. The number of nitrogens with one attached hydrogen (secondary N) is 1. The van der Waals surface area contributed by atoms with Gasteiger partial charge in [0.1, 0.15) is 18.1 Å². The van der Waals surface area contributed by atoms with Gasteiger partial charge in [0.15, 0.2) is 6.61 Å². The maximum absolute atomic E-state index is 11.9. The molecule has 0 fully saturated rings. The third kappa shape index (κ3) is 5.73. The molecule has 0 bridgehead atoms. The molecule has 0 saturated heterocycles. The molecule has 0 aromatic heterocycles. The van der Waals surface area contributed by atoms with Gasteiger partial charge in [0.2, 0.25) is 0 Å². The van der Waals surface area contributed by atoms with E-state index in [1.54, 1.807) is 36.4 Å². The zero-order valence-electron chi connectivity index (χ0n) is 12.2. The van der Waals surface area contributed by atoms with E-state index in [1.807, 2.05) is 12.1 Å². The molecule has 0 aliphatic heterocycles. The Kier molecular flexibility index (Phi) is 6.67. The molecule has 0 aliphatic carbocycles. The van der Waals surface area contributed by atoms with Gasteiger partial charge in [-0.15, -0.1) is 0 Å². The van der Waals surface area contributed by atoms with Crippen molar-refractivity contribution in [1.29, 1.82) is 0 Å². The SMILES string of the molecule is C=CCOc1ccc(NC(=O)COc2ccc(Br)cc2Br)cc1. The maximum atomic E-state index is 11.9. The quantitative estimate of drug-likeness (QED) is 0.629. The fourth-order valence-corrected chi connectivity index (χ4v) is 2.88. The average Bonchev–Trinajstić information content (AvgIpc) is 2.53. The van der Waals surface area contributed by atoms with Crippen LogP contribution in [0.5, 0.6) is 11.5 Å². The molecule has 6 heteroatoms. The highest BCUT2D eigenvalue weighted by atomic mass is 79.9. The molecule has 23 heavy (non-hydrogen) atoms. The molecule has 0 unspecified atom stereocenters. The highest BCUT2D eigenvalue weighted by Gasteiger charge is 2.07. The molecule has 0 aliphatic rings. The molecular formula is C17H15Br2NO3. The molecule has 0 atom stereocenters. The predicted molar refractivity (Wildman–Crippen MR) is 98.1 cm³/mol. The van der Waals surface area contributed by atoms with Crippen molar-refractivity contribution in [3.63, 3.8) is 0 Å². The maximum Gasteiger partial charge on any atom is 0.262 e. The van der Waals surface area contributed by atoms with Crippen LogP contribution in [-0.2, 0) is 4.79 Å². The molecule has 0 heterocycles. The number of amides is 1. The lowest BCUT2D eigenvalue weighted by Gasteiger charge is -2.10. The number of anilines is 1. The minimum atomic E-state index is -0.237. The number of hydrogen-bond acceptors (Lipinski definition) is 3. The van der Waals surface area contributed by atoms with Crippen LogP contribution in [0, 0.1) is 0 Å². The fourth-order valence-electron chi connectivity index (χ4n) is 1.72. The normalized spacial score (nSPS) is 10.0. The van der Waals surface area contributed by atoms with Gasteiger partial charge in [0.25, 0.3) is 5.91 Å². The van der Waals surface area contributed by atoms with E-state index in [0.29, 0.717) is 18.0 Å². The van der Waals surface area contributed by atoms with Gasteiger partial charge in [0, 0.05) is 10.2 Å². The van der Waals surface area contributed by atoms with Crippen molar-refractivity contribution >= 4 is 43.5 Å². The third-order valence-corrected chi connectivity index (χ3v) is 3.87. The number of benzene rings is 2. The van der Waals surface area contributed by atoms with Gasteiger partial charge < -0.3 is 14.8 Å². The van der Waals surface area contributed by atoms with E-state index in [9.17, 15) is 4.79 Å². The van der Waals surface area contributed by atoms with Crippen molar-refractivity contribution in [2.45, 2.75) is 0 Å². The summed E-state index contributed by atoms with van der Waals surface area (Å²) in [6, 6.07) is 12.6. The molecule has 2 aromatic carbocycles. The third-order valence-electron chi connectivity index (χ3n) is 2.76. The smallest absolute Gasteiger partial charge is 0.262 e. The zero-order valence-corrected chi connectivity index (χ0v) is 15.4. The van der Waals surface area contributed by atoms with Crippen molar-refractivity contribution < 1.29 is 14.3 Å². The molecule has 0 saturated carbocycles. The first-order chi connectivity index (χ1) is 11.1. The molecule has 4 nitrogen and oxygen atoms in total. The minimum absolute atomic E-state index is 0.0745. The van der Waals surface area contributed by atoms with Gasteiger partial charge >= 0.3 is 0 Å². The number of halogens is 2. The Hall–Kier alpha value is -1.79. The van der Waals surface area contributed by atoms with Crippen molar-refractivity contribution in [2.24, 2.45) is 0 Å². The average molecular weight is 441 g/mol. The van der Waals surface area contributed by atoms with E-state index >= 15 is 0 Å². The molecule has 0 spiro atoms. The second-order valence-corrected chi connectivity index (χ2v) is 6.31. The number of ether oxygens (including phenoxy) is 2. The van der Waals surface area contributed by atoms with E-state index in [-0.39, 0.29) is 12.5 Å². The van der Waals surface area contributed by atoms with Crippen LogP contribution in [0.3, 0.4) is 0 Å². The predicted octanol–water partition coefficient (Wildman–Crippen LogP) is 4.79. The van der Waals surface area contributed by atoms with Crippen molar-refractivity contribution in [2.75, 3.05) is 18.5 Å². The summed E-state index contributed by atoms with van der Waals surface area (Å²) in [6.07, 6.45) is 1.67. The lowest BCUT2D eigenvalue weighted by molar-refractivity contribution is -0.118. The minimum Gasteiger partial charge on any atom is -0.490 e. The first-order valence-corrected chi connectivity index (χ1v) is 8.38. The summed E-state index contributed by atoms with van der Waals surface area (Å²) in [4.78, 5) is 11.9. The highest BCUT2D eigenvalue weighted by molar-refractivity contribution is 9.11. The lowest BCUT2D eigenvalue weighted by Crippen LogP contribution is -2.20. The molecule has 0 radical (unpaired) electrons. The van der Waals surface area contributed by atoms with E-state index in [4.69, 9.17) is 9.47 Å². The number of carbonyl (C=O) groups is 1. The van der Waals surface area contributed by atoms with Crippen LogP contribution in [-0.4, -0.2) is 19.1 Å². The summed E-state index contributed by atoms with van der Waals surface area (Å²) in [5, 5.41) is 2.76. The van der Waals surface area contributed by atoms with E-state index in [2.05, 4.69) is 43.8 Å². The molecular weight excluding hydrogens is 426 g/mol. The Balaban J connectivity index is 1.85. The lowest BCUT2D eigenvalue weighted by atomic mass is 10.3. The van der Waals surface area contributed by atoms with Crippen LogP contribution in [0.15, 0.2) is 64.1 Å². The van der Waals surface area contributed by atoms with Gasteiger partial charge in [-0.2, -0.15) is 0 Å². The van der Waals surface area contributed by atoms with Crippen LogP contribution < -0.4 is 14.8 Å². The first-order valence-electron chi connectivity index (χ1n) is 6.80. The monoisotopic (exact) mass is 439 g/mol. The second-order valence-electron chi connectivity index (χ2n) is 4.54. The number of rotatable bonds is 7. The standard InChI is InChI=1S/C17H15Br2NO3/c1-2-9-22-14-6-4-13(5-7-14)20-17(21)11-23-16-8-3-12(18)10-15(16)19/h2-8,10H,1,9,11H2,(H,20,21). The highest BCUT2D eigenvalue weighted by Crippen LogP contribution is 2.28. The van der Waals surface area contributed by atoms with Gasteiger partial charge in [0.05, 0.1) is 4.47 Å². The van der Waals surface area contributed by atoms with E-state index in [1.165, 1.54) is 0 Å². The van der Waals surface area contributed by atoms with Crippen LogP contribution in [0.25, 0.3) is 0 Å². The summed E-state index contributed by atoms with van der Waals surface area (Å²) in [6.45, 7) is 3.96.